The second kappa shape index (κ2) is 11.9. The van der Waals surface area contributed by atoms with Crippen LogP contribution in [0.5, 0.6) is 11.5 Å². The van der Waals surface area contributed by atoms with Gasteiger partial charge in [-0.25, -0.2) is 0 Å². The molecule has 2 aromatic carbocycles. The molecule has 0 spiro atoms. The van der Waals surface area contributed by atoms with Crippen molar-refractivity contribution in [2.45, 2.75) is 85.9 Å². The first kappa shape index (κ1) is 28.4. The summed E-state index contributed by atoms with van der Waals surface area (Å²) in [5.41, 5.74) is 5.46. The van der Waals surface area contributed by atoms with E-state index in [0.717, 1.165) is 52.6 Å². The SMILES string of the molecule is COC1CCCC(C(c2cc(C)c(OC(C)=O)c(C)c2)c2cc(C)c(OC(C)=O)c(C)c2)C1OC(C)=O. The van der Waals surface area contributed by atoms with E-state index in [1.165, 1.54) is 20.8 Å². The van der Waals surface area contributed by atoms with Gasteiger partial charge in [0.15, 0.2) is 0 Å². The van der Waals surface area contributed by atoms with E-state index in [9.17, 15) is 14.4 Å². The maximum Gasteiger partial charge on any atom is 0.308 e. The Morgan fingerprint density at radius 3 is 1.51 bits per heavy atom. The van der Waals surface area contributed by atoms with Crippen LogP contribution in [0.1, 0.15) is 79.3 Å². The second-order valence-electron chi connectivity index (χ2n) is 10.1. The van der Waals surface area contributed by atoms with E-state index in [4.69, 9.17) is 18.9 Å². The second-order valence-corrected chi connectivity index (χ2v) is 10.1. The number of carbonyl (C=O) groups is 3. The first-order valence-electron chi connectivity index (χ1n) is 12.7. The highest BCUT2D eigenvalue weighted by Crippen LogP contribution is 2.45. The molecule has 0 aromatic heterocycles. The molecule has 0 amide bonds. The zero-order valence-corrected chi connectivity index (χ0v) is 23.1. The van der Waals surface area contributed by atoms with Gasteiger partial charge in [-0.05, 0) is 73.9 Å². The predicted molar refractivity (Wildman–Crippen MR) is 140 cm³/mol. The number of aryl methyl sites for hydroxylation is 4. The van der Waals surface area contributed by atoms with E-state index in [1.54, 1.807) is 7.11 Å². The van der Waals surface area contributed by atoms with Gasteiger partial charge in [-0.3, -0.25) is 14.4 Å². The van der Waals surface area contributed by atoms with Gasteiger partial charge < -0.3 is 18.9 Å². The number of methoxy groups -OCH3 is 1. The zero-order chi connectivity index (χ0) is 27.4. The van der Waals surface area contributed by atoms with E-state index in [0.29, 0.717) is 11.5 Å². The average molecular weight is 511 g/mol. The fourth-order valence-electron chi connectivity index (χ4n) is 5.75. The van der Waals surface area contributed by atoms with Crippen molar-refractivity contribution in [3.63, 3.8) is 0 Å². The highest BCUT2D eigenvalue weighted by molar-refractivity contribution is 5.71. The fourth-order valence-corrected chi connectivity index (χ4v) is 5.75. The molecule has 0 radical (unpaired) electrons. The van der Waals surface area contributed by atoms with Gasteiger partial charge in [0.25, 0.3) is 0 Å². The lowest BCUT2D eigenvalue weighted by Gasteiger charge is -2.41. The molecule has 3 atom stereocenters. The van der Waals surface area contributed by atoms with Gasteiger partial charge in [0.2, 0.25) is 0 Å². The summed E-state index contributed by atoms with van der Waals surface area (Å²) in [5, 5.41) is 0. The molecule has 0 heterocycles. The van der Waals surface area contributed by atoms with Crippen LogP contribution in [0.15, 0.2) is 24.3 Å². The van der Waals surface area contributed by atoms with Crippen molar-refractivity contribution in [2.75, 3.05) is 7.11 Å². The summed E-state index contributed by atoms with van der Waals surface area (Å²) < 4.78 is 22.7. The van der Waals surface area contributed by atoms with E-state index in [-0.39, 0.29) is 35.8 Å². The summed E-state index contributed by atoms with van der Waals surface area (Å²) in [6.07, 6.45) is 1.95. The van der Waals surface area contributed by atoms with Crippen molar-refractivity contribution < 1.29 is 33.3 Å². The van der Waals surface area contributed by atoms with Crippen molar-refractivity contribution >= 4 is 17.9 Å². The van der Waals surface area contributed by atoms with Crippen molar-refractivity contribution in [1.82, 2.24) is 0 Å². The highest BCUT2D eigenvalue weighted by Gasteiger charge is 2.42. The normalized spacial score (nSPS) is 19.4. The Kier molecular flexibility index (Phi) is 9.13. The topological polar surface area (TPSA) is 88.1 Å². The molecule has 1 fully saturated rings. The monoisotopic (exact) mass is 510 g/mol. The molecule has 1 aliphatic rings. The Bertz CT molecular complexity index is 1060. The Balaban J connectivity index is 2.22. The lowest BCUT2D eigenvalue weighted by molar-refractivity contribution is -0.163. The van der Waals surface area contributed by atoms with Gasteiger partial charge in [0.1, 0.15) is 17.6 Å². The molecule has 37 heavy (non-hydrogen) atoms. The van der Waals surface area contributed by atoms with Gasteiger partial charge in [-0.15, -0.1) is 0 Å². The van der Waals surface area contributed by atoms with E-state index in [2.05, 4.69) is 0 Å². The molecule has 200 valence electrons. The van der Waals surface area contributed by atoms with Crippen LogP contribution in [0.25, 0.3) is 0 Å². The van der Waals surface area contributed by atoms with Crippen LogP contribution in [0, 0.1) is 33.6 Å². The Morgan fingerprint density at radius 2 is 1.16 bits per heavy atom. The average Bonchev–Trinajstić information content (AvgIpc) is 2.79. The van der Waals surface area contributed by atoms with Crippen molar-refractivity contribution in [3.05, 3.63) is 57.6 Å². The van der Waals surface area contributed by atoms with E-state index in [1.807, 2.05) is 52.0 Å². The smallest absolute Gasteiger partial charge is 0.308 e. The predicted octanol–water partition coefficient (Wildman–Crippen LogP) is 5.65. The van der Waals surface area contributed by atoms with Gasteiger partial charge >= 0.3 is 17.9 Å². The summed E-state index contributed by atoms with van der Waals surface area (Å²) in [7, 11) is 1.66. The Morgan fingerprint density at radius 1 is 0.730 bits per heavy atom. The van der Waals surface area contributed by atoms with Crippen molar-refractivity contribution in [1.29, 1.82) is 0 Å². The molecule has 7 heteroatoms. The molecule has 3 unspecified atom stereocenters. The standard InChI is InChI=1S/C30H38O7/c1-16-12-23(13-17(2)28(16)35-20(5)31)27(24-14-18(3)29(19(4)15-24)36-21(6)32)25-10-9-11-26(34-8)30(25)37-22(7)33/h12-15,25-27,30H,9-11H2,1-8H3. The minimum absolute atomic E-state index is 0.0562. The molecule has 0 N–H and O–H groups in total. The zero-order valence-electron chi connectivity index (χ0n) is 23.1. The first-order valence-corrected chi connectivity index (χ1v) is 12.7. The van der Waals surface area contributed by atoms with E-state index < -0.39 is 6.10 Å². The van der Waals surface area contributed by atoms with Crippen molar-refractivity contribution in [3.8, 4) is 11.5 Å². The minimum atomic E-state index is -0.427. The number of carbonyl (C=O) groups excluding carboxylic acids is 3. The summed E-state index contributed by atoms with van der Waals surface area (Å²) in [6.45, 7) is 11.9. The molecule has 0 saturated heterocycles. The van der Waals surface area contributed by atoms with Crippen LogP contribution in [0.3, 0.4) is 0 Å². The van der Waals surface area contributed by atoms with Crippen molar-refractivity contribution in [2.24, 2.45) is 5.92 Å². The molecule has 2 aromatic rings. The summed E-state index contributed by atoms with van der Waals surface area (Å²) >= 11 is 0. The highest BCUT2D eigenvalue weighted by atomic mass is 16.6. The molecule has 0 aliphatic heterocycles. The van der Waals surface area contributed by atoms with Gasteiger partial charge in [0, 0.05) is 39.7 Å². The fraction of sp³-hybridized carbons (Fsp3) is 0.500. The molecular formula is C30H38O7. The maximum atomic E-state index is 12.2. The number of hydrogen-bond donors (Lipinski definition) is 0. The molecule has 1 saturated carbocycles. The number of rotatable bonds is 7. The third kappa shape index (κ3) is 6.58. The largest absolute Gasteiger partial charge is 0.459 e. The van der Waals surface area contributed by atoms with Crippen LogP contribution < -0.4 is 9.47 Å². The lowest BCUT2D eigenvalue weighted by atomic mass is 9.70. The van der Waals surface area contributed by atoms with Crippen LogP contribution in [0.4, 0.5) is 0 Å². The van der Waals surface area contributed by atoms with Crippen LogP contribution in [-0.4, -0.2) is 37.2 Å². The van der Waals surface area contributed by atoms with Gasteiger partial charge in [-0.1, -0.05) is 30.7 Å². The first-order chi connectivity index (χ1) is 17.4. The van der Waals surface area contributed by atoms with Crippen LogP contribution in [-0.2, 0) is 23.9 Å². The number of benzene rings is 2. The Hall–Kier alpha value is -3.19. The maximum absolute atomic E-state index is 12.2. The van der Waals surface area contributed by atoms with E-state index >= 15 is 0 Å². The molecule has 7 nitrogen and oxygen atoms in total. The summed E-state index contributed by atoms with van der Waals surface area (Å²) in [5.74, 6) is -0.159. The number of esters is 3. The number of ether oxygens (including phenoxy) is 4. The summed E-state index contributed by atoms with van der Waals surface area (Å²) in [6, 6.07) is 8.17. The van der Waals surface area contributed by atoms with Gasteiger partial charge in [-0.2, -0.15) is 0 Å². The quantitative estimate of drug-likeness (QED) is 0.351. The minimum Gasteiger partial charge on any atom is -0.459 e. The lowest BCUT2D eigenvalue weighted by Crippen LogP contribution is -2.44. The molecule has 1 aliphatic carbocycles. The molecule has 3 rings (SSSR count). The van der Waals surface area contributed by atoms with Crippen LogP contribution in [0.2, 0.25) is 0 Å². The number of hydrogen-bond acceptors (Lipinski definition) is 7. The Labute approximate surface area is 219 Å². The summed E-state index contributed by atoms with van der Waals surface area (Å²) in [4.78, 5) is 35.5. The third-order valence-corrected chi connectivity index (χ3v) is 7.02. The van der Waals surface area contributed by atoms with Gasteiger partial charge in [0.05, 0.1) is 6.10 Å². The molecular weight excluding hydrogens is 472 g/mol. The van der Waals surface area contributed by atoms with Crippen LogP contribution >= 0.6 is 0 Å². The third-order valence-electron chi connectivity index (χ3n) is 7.02. The molecule has 0 bridgehead atoms.